The number of carbonyl (C=O) groups excluding carboxylic acids is 2. The summed E-state index contributed by atoms with van der Waals surface area (Å²) >= 11 is 0. The Bertz CT molecular complexity index is 754. The smallest absolute Gasteiger partial charge is 0.343 e. The van der Waals surface area contributed by atoms with E-state index in [1.165, 1.54) is 7.11 Å². The van der Waals surface area contributed by atoms with Gasteiger partial charge in [0.1, 0.15) is 5.75 Å². The number of anilines is 1. The summed E-state index contributed by atoms with van der Waals surface area (Å²) in [7, 11) is 1.31. The minimum Gasteiger partial charge on any atom is -0.482 e. The molecule has 1 N–H and O–H groups in total. The minimum absolute atomic E-state index is 0.0429. The van der Waals surface area contributed by atoms with Gasteiger partial charge in [-0.05, 0) is 18.2 Å². The van der Waals surface area contributed by atoms with Gasteiger partial charge in [0.25, 0.3) is 0 Å². The van der Waals surface area contributed by atoms with Crippen LogP contribution in [0.15, 0.2) is 24.4 Å². The van der Waals surface area contributed by atoms with Gasteiger partial charge in [-0.1, -0.05) is 6.92 Å². The van der Waals surface area contributed by atoms with Crippen LogP contribution in [-0.2, 0) is 20.9 Å². The van der Waals surface area contributed by atoms with Crippen molar-refractivity contribution in [2.75, 3.05) is 18.6 Å². The first-order chi connectivity index (χ1) is 11.1. The van der Waals surface area contributed by atoms with E-state index >= 15 is 0 Å². The predicted octanol–water partition coefficient (Wildman–Crippen LogP) is 1.89. The molecule has 0 bridgehead atoms. The number of nitrogens with zero attached hydrogens (tertiary/aromatic N) is 2. The topological polar surface area (TPSA) is 84.5 Å². The minimum atomic E-state index is -0.451. The summed E-state index contributed by atoms with van der Waals surface area (Å²) in [4.78, 5) is 25.1. The van der Waals surface area contributed by atoms with Gasteiger partial charge in [-0.25, -0.2) is 4.79 Å². The summed E-state index contributed by atoms with van der Waals surface area (Å²) in [6, 6.07) is 5.35. The third kappa shape index (κ3) is 2.77. The molecule has 2 aromatic rings. The normalized spacial score (nSPS) is 12.3. The number of rotatable bonds is 4. The Balaban J connectivity index is 1.97. The highest BCUT2D eigenvalue weighted by Gasteiger charge is 2.27. The lowest BCUT2D eigenvalue weighted by molar-refractivity contribution is -0.142. The van der Waals surface area contributed by atoms with Gasteiger partial charge in [-0.2, -0.15) is 5.10 Å². The zero-order chi connectivity index (χ0) is 16.4. The van der Waals surface area contributed by atoms with E-state index in [0.717, 1.165) is 22.5 Å². The third-order valence-electron chi connectivity index (χ3n) is 3.76. The lowest BCUT2D eigenvalue weighted by atomic mass is 9.99. The Labute approximate surface area is 133 Å². The molecule has 7 nitrogen and oxygen atoms in total. The maximum absolute atomic E-state index is 12.2. The van der Waals surface area contributed by atoms with E-state index in [1.807, 2.05) is 13.0 Å². The molecule has 0 atom stereocenters. The van der Waals surface area contributed by atoms with Crippen LogP contribution in [-0.4, -0.2) is 35.8 Å². The number of nitrogens with one attached hydrogen (secondary N) is 1. The van der Waals surface area contributed by atoms with Crippen LogP contribution < -0.4 is 9.64 Å². The summed E-state index contributed by atoms with van der Waals surface area (Å²) in [6.45, 7) is 2.16. The van der Waals surface area contributed by atoms with Crippen molar-refractivity contribution in [3.8, 4) is 17.0 Å². The van der Waals surface area contributed by atoms with Gasteiger partial charge in [-0.3, -0.25) is 9.89 Å². The van der Waals surface area contributed by atoms with Gasteiger partial charge >= 0.3 is 5.97 Å². The highest BCUT2D eigenvalue weighted by atomic mass is 16.6. The Morgan fingerprint density at radius 2 is 2.22 bits per heavy atom. The maximum atomic E-state index is 12.2. The quantitative estimate of drug-likeness (QED) is 0.871. The summed E-state index contributed by atoms with van der Waals surface area (Å²) in [5, 5.41) is 7.02. The van der Waals surface area contributed by atoms with Crippen molar-refractivity contribution in [2.24, 2.45) is 0 Å². The van der Waals surface area contributed by atoms with Crippen LogP contribution in [0.5, 0.6) is 5.75 Å². The molecule has 120 valence electrons. The molecule has 0 fully saturated rings. The highest BCUT2D eigenvalue weighted by molar-refractivity contribution is 5.99. The third-order valence-corrected chi connectivity index (χ3v) is 3.76. The zero-order valence-electron chi connectivity index (χ0n) is 13.0. The number of amides is 1. The maximum Gasteiger partial charge on any atom is 0.343 e. The average molecular weight is 315 g/mol. The first kappa shape index (κ1) is 15.1. The number of hydrogen-bond donors (Lipinski definition) is 1. The molecule has 0 radical (unpaired) electrons. The number of H-pyrrole nitrogens is 1. The molecule has 1 amide bonds. The van der Waals surface area contributed by atoms with Crippen LogP contribution in [0.3, 0.4) is 0 Å². The van der Waals surface area contributed by atoms with Crippen LogP contribution in [0, 0.1) is 0 Å². The molecule has 7 heteroatoms. The summed E-state index contributed by atoms with van der Waals surface area (Å²) < 4.78 is 9.98. The summed E-state index contributed by atoms with van der Waals surface area (Å²) in [5.74, 6) is 0.120. The predicted molar refractivity (Wildman–Crippen MR) is 83.0 cm³/mol. The van der Waals surface area contributed by atoms with Gasteiger partial charge in [0.2, 0.25) is 5.91 Å². The van der Waals surface area contributed by atoms with E-state index in [1.54, 1.807) is 23.2 Å². The van der Waals surface area contributed by atoms with Gasteiger partial charge in [0.05, 0.1) is 31.2 Å². The Morgan fingerprint density at radius 1 is 1.39 bits per heavy atom. The average Bonchev–Trinajstić information content (AvgIpc) is 3.06. The van der Waals surface area contributed by atoms with E-state index in [0.29, 0.717) is 18.7 Å². The van der Waals surface area contributed by atoms with Crippen LogP contribution in [0.25, 0.3) is 11.3 Å². The molecule has 1 aliphatic rings. The number of fused-ring (bicyclic) bond motifs is 3. The number of ether oxygens (including phenoxy) is 2. The van der Waals surface area contributed by atoms with Crippen molar-refractivity contribution in [1.82, 2.24) is 10.2 Å². The van der Waals surface area contributed by atoms with Crippen molar-refractivity contribution in [3.05, 3.63) is 30.0 Å². The number of methoxy groups -OCH3 is 1. The van der Waals surface area contributed by atoms with Crippen LogP contribution in [0.2, 0.25) is 0 Å². The molecule has 0 saturated heterocycles. The van der Waals surface area contributed by atoms with Crippen molar-refractivity contribution < 1.29 is 19.1 Å². The molecule has 23 heavy (non-hydrogen) atoms. The molecule has 3 rings (SSSR count). The zero-order valence-corrected chi connectivity index (χ0v) is 13.0. The monoisotopic (exact) mass is 315 g/mol. The second-order valence-corrected chi connectivity index (χ2v) is 5.15. The number of hydrogen-bond acceptors (Lipinski definition) is 5. The summed E-state index contributed by atoms with van der Waals surface area (Å²) in [6.07, 6.45) is 2.14. The fourth-order valence-electron chi connectivity index (χ4n) is 2.57. The molecule has 0 spiro atoms. The number of benzene rings is 1. The molecule has 1 aromatic heterocycles. The summed E-state index contributed by atoms with van der Waals surface area (Å²) in [5.41, 5.74) is 3.44. The number of aromatic amines is 1. The van der Waals surface area contributed by atoms with Gasteiger partial charge in [-0.15, -0.1) is 0 Å². The Morgan fingerprint density at radius 3 is 2.96 bits per heavy atom. The molecule has 0 aliphatic carbocycles. The van der Waals surface area contributed by atoms with E-state index in [-0.39, 0.29) is 12.5 Å². The first-order valence-corrected chi connectivity index (χ1v) is 7.30. The molecule has 0 saturated carbocycles. The second kappa shape index (κ2) is 6.12. The molecular weight excluding hydrogens is 298 g/mol. The number of esters is 1. The Kier molecular flexibility index (Phi) is 4.01. The van der Waals surface area contributed by atoms with Crippen molar-refractivity contribution in [3.63, 3.8) is 0 Å². The molecule has 1 aliphatic heterocycles. The number of aromatic nitrogens is 2. The van der Waals surface area contributed by atoms with Gasteiger partial charge < -0.3 is 14.4 Å². The van der Waals surface area contributed by atoms with Crippen LogP contribution >= 0.6 is 0 Å². The van der Waals surface area contributed by atoms with Gasteiger partial charge in [0, 0.05) is 17.5 Å². The number of carbonyl (C=O) groups is 2. The second-order valence-electron chi connectivity index (χ2n) is 5.15. The van der Waals surface area contributed by atoms with Gasteiger partial charge in [0.15, 0.2) is 6.61 Å². The lowest BCUT2D eigenvalue weighted by Crippen LogP contribution is -2.32. The Hall–Kier alpha value is -2.83. The van der Waals surface area contributed by atoms with Crippen molar-refractivity contribution in [2.45, 2.75) is 19.9 Å². The molecule has 1 aromatic carbocycles. The highest BCUT2D eigenvalue weighted by Crippen LogP contribution is 2.40. The van der Waals surface area contributed by atoms with E-state index in [4.69, 9.17) is 4.74 Å². The fourth-order valence-corrected chi connectivity index (χ4v) is 2.57. The van der Waals surface area contributed by atoms with Crippen LogP contribution in [0.1, 0.15) is 18.9 Å². The molecule has 0 unspecified atom stereocenters. The van der Waals surface area contributed by atoms with Crippen LogP contribution in [0.4, 0.5) is 5.69 Å². The SMILES string of the molecule is CCC(=O)N1Cc2cn[nH]c2-c2cc(OCC(=O)OC)ccc21. The largest absolute Gasteiger partial charge is 0.482 e. The first-order valence-electron chi connectivity index (χ1n) is 7.30. The van der Waals surface area contributed by atoms with E-state index < -0.39 is 5.97 Å². The fraction of sp³-hybridized carbons (Fsp3) is 0.312. The van der Waals surface area contributed by atoms with Crippen molar-refractivity contribution in [1.29, 1.82) is 0 Å². The standard InChI is InChI=1S/C16H17N3O4/c1-3-14(20)19-8-10-7-17-18-16(10)12-6-11(4-5-13(12)19)23-9-15(21)22-2/h4-7H,3,8-9H2,1-2H3,(H,17,18). The lowest BCUT2D eigenvalue weighted by Gasteiger charge is -2.29. The molecular formula is C16H17N3O4. The van der Waals surface area contributed by atoms with E-state index in [9.17, 15) is 9.59 Å². The van der Waals surface area contributed by atoms with Crippen molar-refractivity contribution >= 4 is 17.6 Å². The molecule has 2 heterocycles. The van der Waals surface area contributed by atoms with E-state index in [2.05, 4.69) is 14.9 Å².